The number of nitrogens with zero attached hydrogens (tertiary/aromatic N) is 3. The average Bonchev–Trinajstić information content (AvgIpc) is 2.16. The van der Waals surface area contributed by atoms with Crippen LogP contribution in [0, 0.1) is 0 Å². The van der Waals surface area contributed by atoms with Crippen molar-refractivity contribution < 1.29 is 0 Å². The van der Waals surface area contributed by atoms with Crippen LogP contribution in [0.3, 0.4) is 0 Å². The first-order valence-corrected chi connectivity index (χ1v) is 4.62. The Morgan fingerprint density at radius 2 is 0.917 bits per heavy atom. The van der Waals surface area contributed by atoms with Crippen LogP contribution in [0.1, 0.15) is 20.8 Å². The third-order valence-electron chi connectivity index (χ3n) is 1.99. The van der Waals surface area contributed by atoms with Crippen LogP contribution in [-0.2, 0) is 0 Å². The van der Waals surface area contributed by atoms with Gasteiger partial charge in [-0.3, -0.25) is 0 Å². The second-order valence-electron chi connectivity index (χ2n) is 2.84. The van der Waals surface area contributed by atoms with Gasteiger partial charge in [-0.2, -0.15) is 0 Å². The van der Waals surface area contributed by atoms with Crippen LogP contribution in [0.15, 0.2) is 0 Å². The normalized spacial score (nSPS) is 21.2. The van der Waals surface area contributed by atoms with Crippen LogP contribution in [0.2, 0.25) is 0 Å². The van der Waals surface area contributed by atoms with Crippen molar-refractivity contribution in [2.45, 2.75) is 20.8 Å². The summed E-state index contributed by atoms with van der Waals surface area (Å²) in [6, 6.07) is 0. The molecule has 3 radical (unpaired) electrons. The van der Waals surface area contributed by atoms with Gasteiger partial charge in [0.2, 0.25) is 0 Å². The van der Waals surface area contributed by atoms with E-state index < -0.39 is 0 Å². The maximum atomic E-state index is 2.19. The molecule has 0 spiro atoms. The third kappa shape index (κ3) is 2.54. The summed E-state index contributed by atoms with van der Waals surface area (Å²) in [7, 11) is 6.39. The molecule has 0 saturated carbocycles. The fraction of sp³-hybridized carbons (Fsp3) is 1.00. The Hall–Kier alpha value is 0.0748. The molecule has 1 aliphatic heterocycles. The van der Waals surface area contributed by atoms with E-state index in [0.29, 0.717) is 0 Å². The lowest BCUT2D eigenvalue weighted by atomic mass is 9.74. The third-order valence-corrected chi connectivity index (χ3v) is 1.99. The van der Waals surface area contributed by atoms with E-state index in [-0.39, 0.29) is 0 Å². The zero-order valence-electron chi connectivity index (χ0n) is 8.20. The minimum absolute atomic E-state index is 1.03. The Morgan fingerprint density at radius 1 is 0.667 bits per heavy atom. The summed E-state index contributed by atoms with van der Waals surface area (Å²) in [5.74, 6) is 0. The summed E-state index contributed by atoms with van der Waals surface area (Å²) in [6.45, 7) is 9.54. The Morgan fingerprint density at radius 3 is 1.08 bits per heavy atom. The molecule has 0 bridgehead atoms. The first-order valence-electron chi connectivity index (χ1n) is 4.62. The summed E-state index contributed by atoms with van der Waals surface area (Å²) in [6.07, 6.45) is 0. The lowest BCUT2D eigenvalue weighted by molar-refractivity contribution is 0.506. The van der Waals surface area contributed by atoms with Crippen LogP contribution < -0.4 is 0 Å². The lowest BCUT2D eigenvalue weighted by Gasteiger charge is -2.38. The SMILES string of the molecule is CCN1[B]N(CC)[B]N(CC)[B]1. The standard InChI is InChI=1S/C6H15B3N3/c1-4-10-7-11(5-2)9-12(6-3)8-10/h4-6H2,1-3H3. The quantitative estimate of drug-likeness (QED) is 0.521. The molecule has 1 saturated heterocycles. The summed E-state index contributed by atoms with van der Waals surface area (Å²) in [4.78, 5) is 0. The summed E-state index contributed by atoms with van der Waals surface area (Å²) < 4.78 is 6.56. The van der Waals surface area contributed by atoms with E-state index in [1.165, 1.54) is 0 Å². The van der Waals surface area contributed by atoms with Crippen molar-refractivity contribution in [3.63, 3.8) is 0 Å². The molecule has 63 valence electrons. The fourth-order valence-corrected chi connectivity index (χ4v) is 1.15. The zero-order valence-corrected chi connectivity index (χ0v) is 8.20. The highest BCUT2D eigenvalue weighted by atomic mass is 15.3. The van der Waals surface area contributed by atoms with E-state index in [1.54, 1.807) is 0 Å². The van der Waals surface area contributed by atoms with Gasteiger partial charge in [-0.15, -0.1) is 0 Å². The van der Waals surface area contributed by atoms with Gasteiger partial charge < -0.3 is 14.2 Å². The van der Waals surface area contributed by atoms with Crippen LogP contribution >= 0.6 is 0 Å². The Kier molecular flexibility index (Phi) is 4.19. The minimum atomic E-state index is 1.03. The molecule has 0 aromatic carbocycles. The molecule has 1 aliphatic rings. The van der Waals surface area contributed by atoms with Crippen LogP contribution in [0.4, 0.5) is 0 Å². The van der Waals surface area contributed by atoms with E-state index in [2.05, 4.69) is 57.6 Å². The summed E-state index contributed by atoms with van der Waals surface area (Å²) in [5.41, 5.74) is 0. The first kappa shape index (κ1) is 10.2. The van der Waals surface area contributed by atoms with Gasteiger partial charge in [-0.05, 0) is 19.6 Å². The van der Waals surface area contributed by atoms with Gasteiger partial charge in [0.15, 0.2) is 0 Å². The average molecular weight is 162 g/mol. The predicted molar refractivity (Wildman–Crippen MR) is 54.4 cm³/mol. The van der Waals surface area contributed by atoms with Crippen molar-refractivity contribution in [3.05, 3.63) is 0 Å². The largest absolute Gasteiger partial charge is 0.365 e. The van der Waals surface area contributed by atoms with Gasteiger partial charge in [0, 0.05) is 0 Å². The van der Waals surface area contributed by atoms with Crippen molar-refractivity contribution in [2.24, 2.45) is 0 Å². The Labute approximate surface area is 77.9 Å². The molecule has 1 fully saturated rings. The maximum absolute atomic E-state index is 2.19. The van der Waals surface area contributed by atoms with Gasteiger partial charge in [-0.25, -0.2) is 0 Å². The van der Waals surface area contributed by atoms with Gasteiger partial charge in [-0.1, -0.05) is 20.8 Å². The van der Waals surface area contributed by atoms with Gasteiger partial charge >= 0.3 is 0 Å². The molecular formula is C6H15B3N3. The molecule has 0 aromatic heterocycles. The van der Waals surface area contributed by atoms with E-state index in [4.69, 9.17) is 0 Å². The van der Waals surface area contributed by atoms with Crippen molar-refractivity contribution in [2.75, 3.05) is 19.6 Å². The Balaban J connectivity index is 2.41. The molecule has 0 unspecified atom stereocenters. The number of hydrogen-bond acceptors (Lipinski definition) is 3. The van der Waals surface area contributed by atoms with Crippen LogP contribution in [0.5, 0.6) is 0 Å². The maximum Gasteiger partial charge on any atom is 0.290 e. The highest BCUT2D eigenvalue weighted by Gasteiger charge is 2.24. The van der Waals surface area contributed by atoms with Gasteiger partial charge in [0.25, 0.3) is 22.6 Å². The van der Waals surface area contributed by atoms with Crippen molar-refractivity contribution in [3.8, 4) is 0 Å². The van der Waals surface area contributed by atoms with Crippen molar-refractivity contribution >= 4 is 22.6 Å². The minimum Gasteiger partial charge on any atom is -0.365 e. The Bertz CT molecular complexity index is 105. The molecule has 0 amide bonds. The van der Waals surface area contributed by atoms with Crippen molar-refractivity contribution in [1.82, 2.24) is 14.2 Å². The number of rotatable bonds is 3. The second-order valence-corrected chi connectivity index (χ2v) is 2.84. The predicted octanol–water partition coefficient (Wildman–Crippen LogP) is -0.432. The molecule has 1 rings (SSSR count). The highest BCUT2D eigenvalue weighted by molar-refractivity contribution is 6.64. The summed E-state index contributed by atoms with van der Waals surface area (Å²) in [5, 5.41) is 0. The molecule has 1 heterocycles. The molecular weight excluding hydrogens is 147 g/mol. The van der Waals surface area contributed by atoms with E-state index >= 15 is 0 Å². The topological polar surface area (TPSA) is 9.72 Å². The number of hydrogen-bond donors (Lipinski definition) is 0. The van der Waals surface area contributed by atoms with Crippen LogP contribution in [0.25, 0.3) is 0 Å². The monoisotopic (exact) mass is 162 g/mol. The zero-order chi connectivity index (χ0) is 8.97. The summed E-state index contributed by atoms with van der Waals surface area (Å²) >= 11 is 0. The van der Waals surface area contributed by atoms with Crippen molar-refractivity contribution in [1.29, 1.82) is 0 Å². The van der Waals surface area contributed by atoms with E-state index in [1.807, 2.05) is 0 Å². The molecule has 0 N–H and O–H groups in total. The first-order chi connectivity index (χ1) is 5.80. The highest BCUT2D eigenvalue weighted by Crippen LogP contribution is 1.99. The molecule has 0 atom stereocenters. The van der Waals surface area contributed by atoms with Crippen LogP contribution in [-0.4, -0.2) is 56.4 Å². The molecule has 0 aliphatic carbocycles. The van der Waals surface area contributed by atoms with Gasteiger partial charge in [0.1, 0.15) is 0 Å². The van der Waals surface area contributed by atoms with E-state index in [0.717, 1.165) is 19.6 Å². The lowest BCUT2D eigenvalue weighted by Crippen LogP contribution is -2.61. The van der Waals surface area contributed by atoms with E-state index in [9.17, 15) is 0 Å². The second kappa shape index (κ2) is 4.95. The molecule has 12 heavy (non-hydrogen) atoms. The fourth-order valence-electron chi connectivity index (χ4n) is 1.15. The van der Waals surface area contributed by atoms with Gasteiger partial charge in [0.05, 0.1) is 0 Å². The molecule has 0 aromatic rings. The smallest absolute Gasteiger partial charge is 0.290 e. The molecule has 6 heteroatoms. The molecule has 3 nitrogen and oxygen atoms in total.